The van der Waals surface area contributed by atoms with Gasteiger partial charge in [0.1, 0.15) is 5.75 Å². The number of nitrogens with one attached hydrogen (secondary N) is 1. The number of likely N-dealkylation sites (tertiary alicyclic amines) is 1. The van der Waals surface area contributed by atoms with Crippen LogP contribution in [0.5, 0.6) is 5.75 Å². The summed E-state index contributed by atoms with van der Waals surface area (Å²) < 4.78 is 6.26. The van der Waals surface area contributed by atoms with E-state index < -0.39 is 0 Å². The van der Waals surface area contributed by atoms with Crippen molar-refractivity contribution in [3.05, 3.63) is 29.3 Å². The summed E-state index contributed by atoms with van der Waals surface area (Å²) in [5.41, 5.74) is 3.11. The van der Waals surface area contributed by atoms with Crippen LogP contribution in [-0.2, 0) is 13.0 Å². The third-order valence-corrected chi connectivity index (χ3v) is 4.99. The minimum absolute atomic E-state index is 0.292. The van der Waals surface area contributed by atoms with Crippen molar-refractivity contribution in [2.24, 2.45) is 5.41 Å². The van der Waals surface area contributed by atoms with Gasteiger partial charge in [0.05, 0.1) is 6.61 Å². The number of nitrogens with zero attached hydrogens (tertiary/aromatic N) is 1. The van der Waals surface area contributed by atoms with E-state index in [-0.39, 0.29) is 0 Å². The first-order valence-electron chi connectivity index (χ1n) is 8.26. The molecule has 1 aromatic rings. The number of ether oxygens (including phenoxy) is 1. The summed E-state index contributed by atoms with van der Waals surface area (Å²) in [5.74, 6) is 1.11. The molecule has 1 aromatic carbocycles. The average molecular weight is 288 g/mol. The molecule has 0 spiro atoms. The molecule has 0 aromatic heterocycles. The third-order valence-electron chi connectivity index (χ3n) is 4.99. The highest BCUT2D eigenvalue weighted by molar-refractivity contribution is 5.41. The molecule has 0 amide bonds. The smallest absolute Gasteiger partial charge is 0.122 e. The van der Waals surface area contributed by atoms with E-state index in [0.717, 1.165) is 38.4 Å². The predicted octanol–water partition coefficient (Wildman–Crippen LogP) is 2.83. The van der Waals surface area contributed by atoms with Crippen molar-refractivity contribution < 1.29 is 4.74 Å². The van der Waals surface area contributed by atoms with Crippen LogP contribution in [0.4, 0.5) is 0 Å². The van der Waals surface area contributed by atoms with Gasteiger partial charge in [0.2, 0.25) is 0 Å². The Morgan fingerprint density at radius 3 is 3.00 bits per heavy atom. The highest BCUT2D eigenvalue weighted by Crippen LogP contribution is 2.33. The lowest BCUT2D eigenvalue weighted by molar-refractivity contribution is 0.153. The van der Waals surface area contributed by atoms with Gasteiger partial charge in [0.25, 0.3) is 0 Å². The van der Waals surface area contributed by atoms with Crippen molar-refractivity contribution in [1.29, 1.82) is 0 Å². The van der Waals surface area contributed by atoms with E-state index in [2.05, 4.69) is 49.2 Å². The summed E-state index contributed by atoms with van der Waals surface area (Å²) in [6, 6.07) is 7.12. The molecule has 2 heterocycles. The van der Waals surface area contributed by atoms with E-state index in [1.807, 2.05) is 0 Å². The second-order valence-electron chi connectivity index (χ2n) is 7.23. The zero-order valence-corrected chi connectivity index (χ0v) is 13.6. The third kappa shape index (κ3) is 3.24. The van der Waals surface area contributed by atoms with Crippen LogP contribution in [0.25, 0.3) is 0 Å². The fraction of sp³-hybridized carbons (Fsp3) is 0.667. The molecule has 1 saturated heterocycles. The molecular formula is C18H28N2O. The first-order valence-corrected chi connectivity index (χ1v) is 8.26. The van der Waals surface area contributed by atoms with E-state index in [1.165, 1.54) is 24.1 Å². The molecular weight excluding hydrogens is 260 g/mol. The summed E-state index contributed by atoms with van der Waals surface area (Å²) in [6.45, 7) is 12.2. The van der Waals surface area contributed by atoms with Crippen molar-refractivity contribution in [1.82, 2.24) is 10.2 Å². The van der Waals surface area contributed by atoms with Crippen molar-refractivity contribution in [2.45, 2.75) is 46.2 Å². The standard InChI is InChI=1S/C18H28N2O/c1-14(2)20-10-8-18(3,12-20)13-21-17-6-4-5-15-11-19-9-7-16(15)17/h4-6,14,19H,7-13H2,1-3H3. The quantitative estimate of drug-likeness (QED) is 0.922. The van der Waals surface area contributed by atoms with E-state index in [4.69, 9.17) is 4.74 Å². The normalized spacial score (nSPS) is 26.1. The van der Waals surface area contributed by atoms with Crippen LogP contribution in [0.2, 0.25) is 0 Å². The molecule has 0 aliphatic carbocycles. The molecule has 21 heavy (non-hydrogen) atoms. The minimum atomic E-state index is 0.292. The van der Waals surface area contributed by atoms with E-state index >= 15 is 0 Å². The fourth-order valence-corrected chi connectivity index (χ4v) is 3.50. The lowest BCUT2D eigenvalue weighted by atomic mass is 9.91. The van der Waals surface area contributed by atoms with Crippen LogP contribution in [0.15, 0.2) is 18.2 Å². The van der Waals surface area contributed by atoms with Crippen LogP contribution in [0, 0.1) is 5.41 Å². The van der Waals surface area contributed by atoms with Gasteiger partial charge in [0, 0.05) is 24.5 Å². The van der Waals surface area contributed by atoms with Crippen LogP contribution < -0.4 is 10.1 Å². The van der Waals surface area contributed by atoms with E-state index in [9.17, 15) is 0 Å². The first-order chi connectivity index (χ1) is 10.1. The number of hydrogen-bond acceptors (Lipinski definition) is 3. The summed E-state index contributed by atoms with van der Waals surface area (Å²) in [4.78, 5) is 2.56. The lowest BCUT2D eigenvalue weighted by Gasteiger charge is -2.28. The predicted molar refractivity (Wildman–Crippen MR) is 86.8 cm³/mol. The zero-order chi connectivity index (χ0) is 14.9. The SMILES string of the molecule is CC(C)N1CCC(C)(COc2cccc3c2CCNC3)C1. The van der Waals surface area contributed by atoms with Crippen LogP contribution >= 0.6 is 0 Å². The van der Waals surface area contributed by atoms with Gasteiger partial charge in [-0.1, -0.05) is 19.1 Å². The monoisotopic (exact) mass is 288 g/mol. The topological polar surface area (TPSA) is 24.5 Å². The fourth-order valence-electron chi connectivity index (χ4n) is 3.50. The van der Waals surface area contributed by atoms with Crippen molar-refractivity contribution in [2.75, 3.05) is 26.2 Å². The van der Waals surface area contributed by atoms with Gasteiger partial charge in [-0.05, 0) is 57.0 Å². The number of fused-ring (bicyclic) bond motifs is 1. The summed E-state index contributed by atoms with van der Waals surface area (Å²) in [6.07, 6.45) is 2.32. The maximum absolute atomic E-state index is 6.26. The Morgan fingerprint density at radius 1 is 1.38 bits per heavy atom. The van der Waals surface area contributed by atoms with E-state index in [1.54, 1.807) is 0 Å². The molecule has 1 N–H and O–H groups in total. The van der Waals surface area contributed by atoms with Gasteiger partial charge in [-0.25, -0.2) is 0 Å². The van der Waals surface area contributed by atoms with Crippen molar-refractivity contribution >= 4 is 0 Å². The van der Waals surface area contributed by atoms with Crippen LogP contribution in [0.1, 0.15) is 38.3 Å². The van der Waals surface area contributed by atoms with Gasteiger partial charge >= 0.3 is 0 Å². The van der Waals surface area contributed by atoms with Crippen molar-refractivity contribution in [3.63, 3.8) is 0 Å². The largest absolute Gasteiger partial charge is 0.493 e. The van der Waals surface area contributed by atoms with Gasteiger partial charge < -0.3 is 15.0 Å². The average Bonchev–Trinajstić information content (AvgIpc) is 2.88. The molecule has 0 saturated carbocycles. The Balaban J connectivity index is 1.66. The summed E-state index contributed by atoms with van der Waals surface area (Å²) in [5, 5.41) is 3.43. The maximum Gasteiger partial charge on any atom is 0.122 e. The zero-order valence-electron chi connectivity index (χ0n) is 13.6. The minimum Gasteiger partial charge on any atom is -0.493 e. The molecule has 1 fully saturated rings. The molecule has 1 unspecified atom stereocenters. The van der Waals surface area contributed by atoms with Crippen LogP contribution in [-0.4, -0.2) is 37.2 Å². The van der Waals surface area contributed by atoms with E-state index in [0.29, 0.717) is 11.5 Å². The molecule has 1 atom stereocenters. The van der Waals surface area contributed by atoms with Gasteiger partial charge in [-0.3, -0.25) is 0 Å². The van der Waals surface area contributed by atoms with Crippen LogP contribution in [0.3, 0.4) is 0 Å². The summed E-state index contributed by atoms with van der Waals surface area (Å²) >= 11 is 0. The van der Waals surface area contributed by atoms with Gasteiger partial charge in [0.15, 0.2) is 0 Å². The first kappa shape index (κ1) is 14.9. The Morgan fingerprint density at radius 2 is 2.24 bits per heavy atom. The van der Waals surface area contributed by atoms with Gasteiger partial charge in [-0.15, -0.1) is 0 Å². The highest BCUT2D eigenvalue weighted by atomic mass is 16.5. The molecule has 3 heteroatoms. The molecule has 116 valence electrons. The highest BCUT2D eigenvalue weighted by Gasteiger charge is 2.35. The van der Waals surface area contributed by atoms with Gasteiger partial charge in [-0.2, -0.15) is 0 Å². The molecule has 2 aliphatic rings. The molecule has 0 bridgehead atoms. The molecule has 0 radical (unpaired) electrons. The molecule has 3 nitrogen and oxygen atoms in total. The molecule has 2 aliphatic heterocycles. The molecule has 3 rings (SSSR count). The Bertz CT molecular complexity index is 500. The number of benzene rings is 1. The Hall–Kier alpha value is -1.06. The Kier molecular flexibility index (Phi) is 4.23. The number of hydrogen-bond donors (Lipinski definition) is 1. The van der Waals surface area contributed by atoms with Crippen molar-refractivity contribution in [3.8, 4) is 5.75 Å². The lowest BCUT2D eigenvalue weighted by Crippen LogP contribution is -2.33. The maximum atomic E-state index is 6.26. The Labute approximate surface area is 128 Å². The second-order valence-corrected chi connectivity index (χ2v) is 7.23. The number of rotatable bonds is 4. The second kappa shape index (κ2) is 5.98. The summed E-state index contributed by atoms with van der Waals surface area (Å²) in [7, 11) is 0.